The third kappa shape index (κ3) is 6.68. The summed E-state index contributed by atoms with van der Waals surface area (Å²) in [6.45, 7) is 21.2. The van der Waals surface area contributed by atoms with Gasteiger partial charge in [-0.25, -0.2) is 0 Å². The lowest BCUT2D eigenvalue weighted by atomic mass is 9.75. The van der Waals surface area contributed by atoms with Gasteiger partial charge in [0.05, 0.1) is 12.2 Å². The molecular formula is C24H47O2P. The lowest BCUT2D eigenvalue weighted by molar-refractivity contribution is 0.00654. The van der Waals surface area contributed by atoms with Gasteiger partial charge in [0.15, 0.2) is 8.38 Å². The largest absolute Gasteiger partial charge is 0.330 e. The molecule has 0 amide bonds. The molecule has 0 spiro atoms. The lowest BCUT2D eigenvalue weighted by Gasteiger charge is -2.44. The van der Waals surface area contributed by atoms with Crippen LogP contribution in [0.25, 0.3) is 0 Å². The summed E-state index contributed by atoms with van der Waals surface area (Å²) in [5.41, 5.74) is 0. The molecule has 2 fully saturated rings. The van der Waals surface area contributed by atoms with Crippen molar-refractivity contribution < 1.29 is 9.05 Å². The zero-order valence-corrected chi connectivity index (χ0v) is 20.5. The maximum atomic E-state index is 6.91. The Balaban J connectivity index is 2.14. The van der Waals surface area contributed by atoms with Crippen LogP contribution in [0.4, 0.5) is 0 Å². The Morgan fingerprint density at radius 3 is 1.37 bits per heavy atom. The minimum Gasteiger partial charge on any atom is -0.330 e. The molecular weight excluding hydrogens is 351 g/mol. The van der Waals surface area contributed by atoms with Crippen molar-refractivity contribution in [2.24, 2.45) is 35.5 Å². The van der Waals surface area contributed by atoms with Crippen molar-refractivity contribution in [3.8, 4) is 0 Å². The number of hydrogen-bond acceptors (Lipinski definition) is 2. The molecule has 0 aromatic heterocycles. The van der Waals surface area contributed by atoms with Gasteiger partial charge in [0.1, 0.15) is 0 Å². The molecule has 0 aliphatic heterocycles. The molecule has 0 N–H and O–H groups in total. The van der Waals surface area contributed by atoms with Crippen molar-refractivity contribution in [1.29, 1.82) is 0 Å². The molecule has 160 valence electrons. The normalized spacial score (nSPS) is 37.0. The average molecular weight is 399 g/mol. The van der Waals surface area contributed by atoms with Crippen molar-refractivity contribution in [3.05, 3.63) is 0 Å². The van der Waals surface area contributed by atoms with E-state index in [4.69, 9.17) is 9.05 Å². The van der Waals surface area contributed by atoms with E-state index in [1.807, 2.05) is 0 Å². The first-order valence-electron chi connectivity index (χ1n) is 11.6. The molecule has 6 atom stereocenters. The second-order valence-electron chi connectivity index (χ2n) is 11.4. The molecule has 3 heteroatoms. The predicted octanol–water partition coefficient (Wildman–Crippen LogP) is 8.05. The molecule has 2 aliphatic rings. The smallest absolute Gasteiger partial charge is 0.176 e. The number of rotatable bonds is 6. The Morgan fingerprint density at radius 1 is 0.704 bits per heavy atom. The van der Waals surface area contributed by atoms with E-state index >= 15 is 0 Å². The van der Waals surface area contributed by atoms with Crippen LogP contribution in [-0.4, -0.2) is 17.4 Å². The van der Waals surface area contributed by atoms with Crippen LogP contribution < -0.4 is 0 Å². The van der Waals surface area contributed by atoms with Crippen molar-refractivity contribution in [2.45, 2.75) is 118 Å². The maximum absolute atomic E-state index is 6.91. The first-order valence-corrected chi connectivity index (χ1v) is 12.8. The first-order chi connectivity index (χ1) is 12.5. The van der Waals surface area contributed by atoms with E-state index in [9.17, 15) is 0 Å². The van der Waals surface area contributed by atoms with Crippen LogP contribution in [0, 0.1) is 35.5 Å². The third-order valence-electron chi connectivity index (χ3n) is 6.93. The van der Waals surface area contributed by atoms with E-state index in [0.29, 0.717) is 35.9 Å². The monoisotopic (exact) mass is 398 g/mol. The van der Waals surface area contributed by atoms with Crippen LogP contribution in [0.2, 0.25) is 0 Å². The molecule has 0 bridgehead atoms. The summed E-state index contributed by atoms with van der Waals surface area (Å²) >= 11 is 0. The van der Waals surface area contributed by atoms with E-state index in [0.717, 1.165) is 11.8 Å². The summed E-state index contributed by atoms with van der Waals surface area (Å²) in [5, 5.41) is 0.0692. The summed E-state index contributed by atoms with van der Waals surface area (Å²) in [6, 6.07) is 0. The third-order valence-corrected chi connectivity index (χ3v) is 8.95. The molecule has 2 aliphatic carbocycles. The first kappa shape index (κ1) is 23.6. The minimum absolute atomic E-state index is 0.0692. The maximum Gasteiger partial charge on any atom is 0.176 e. The van der Waals surface area contributed by atoms with Gasteiger partial charge in [0, 0.05) is 5.16 Å². The van der Waals surface area contributed by atoms with Gasteiger partial charge in [-0.3, -0.25) is 0 Å². The fraction of sp³-hybridized carbons (Fsp3) is 1.00. The van der Waals surface area contributed by atoms with E-state index in [2.05, 4.69) is 62.3 Å². The molecule has 2 rings (SSSR count). The standard InChI is InChI=1S/C24H47O2P/c1-16(2)20-12-10-18(5)14-22(20)25-27(24(7,8)9)26-23-15-19(6)11-13-21(23)17(3)4/h16-23H,10-15H2,1-9H3. The van der Waals surface area contributed by atoms with Gasteiger partial charge >= 0.3 is 0 Å². The van der Waals surface area contributed by atoms with Gasteiger partial charge in [-0.05, 0) is 61.2 Å². The zero-order valence-electron chi connectivity index (χ0n) is 19.6. The Kier molecular flexibility index (Phi) is 8.67. The Hall–Kier alpha value is 0.350. The van der Waals surface area contributed by atoms with Crippen LogP contribution in [0.15, 0.2) is 0 Å². The molecule has 0 saturated heterocycles. The van der Waals surface area contributed by atoms with Crippen LogP contribution in [0.3, 0.4) is 0 Å². The molecule has 0 heterocycles. The van der Waals surface area contributed by atoms with Gasteiger partial charge in [-0.15, -0.1) is 0 Å². The van der Waals surface area contributed by atoms with Crippen molar-refractivity contribution in [3.63, 3.8) is 0 Å². The summed E-state index contributed by atoms with van der Waals surface area (Å²) in [7, 11) is -0.888. The fourth-order valence-electron chi connectivity index (χ4n) is 5.06. The van der Waals surface area contributed by atoms with Crippen LogP contribution in [0.1, 0.15) is 101 Å². The van der Waals surface area contributed by atoms with Gasteiger partial charge < -0.3 is 9.05 Å². The topological polar surface area (TPSA) is 18.5 Å². The highest BCUT2D eigenvalue weighted by atomic mass is 31.2. The summed E-state index contributed by atoms with van der Waals surface area (Å²) in [4.78, 5) is 0. The van der Waals surface area contributed by atoms with Crippen molar-refractivity contribution in [1.82, 2.24) is 0 Å². The number of hydrogen-bond donors (Lipinski definition) is 0. The van der Waals surface area contributed by atoms with Crippen LogP contribution >= 0.6 is 8.38 Å². The molecule has 2 nitrogen and oxygen atoms in total. The average Bonchev–Trinajstić information content (AvgIpc) is 2.53. The highest BCUT2D eigenvalue weighted by Gasteiger charge is 2.41. The highest BCUT2D eigenvalue weighted by Crippen LogP contribution is 2.57. The van der Waals surface area contributed by atoms with E-state index in [1.54, 1.807) is 0 Å². The molecule has 6 unspecified atom stereocenters. The summed E-state index contributed by atoms with van der Waals surface area (Å²) < 4.78 is 13.8. The molecule has 27 heavy (non-hydrogen) atoms. The Morgan fingerprint density at radius 2 is 1.07 bits per heavy atom. The molecule has 0 aromatic rings. The van der Waals surface area contributed by atoms with Gasteiger partial charge in [-0.1, -0.05) is 75.2 Å². The van der Waals surface area contributed by atoms with Crippen molar-refractivity contribution in [2.75, 3.05) is 0 Å². The molecule has 0 radical (unpaired) electrons. The van der Waals surface area contributed by atoms with E-state index < -0.39 is 8.38 Å². The van der Waals surface area contributed by atoms with Crippen molar-refractivity contribution >= 4 is 8.38 Å². The quantitative estimate of drug-likeness (QED) is 0.421. The van der Waals surface area contributed by atoms with Gasteiger partial charge in [-0.2, -0.15) is 0 Å². The summed E-state index contributed by atoms with van der Waals surface area (Å²) in [5.74, 6) is 4.31. The van der Waals surface area contributed by atoms with E-state index in [-0.39, 0.29) is 5.16 Å². The zero-order chi connectivity index (χ0) is 20.4. The Bertz CT molecular complexity index is 408. The summed E-state index contributed by atoms with van der Waals surface area (Å²) in [6.07, 6.45) is 8.48. The van der Waals surface area contributed by atoms with Crippen LogP contribution in [-0.2, 0) is 9.05 Å². The van der Waals surface area contributed by atoms with Crippen LogP contribution in [0.5, 0.6) is 0 Å². The second kappa shape index (κ2) is 9.90. The minimum atomic E-state index is -0.888. The highest BCUT2D eigenvalue weighted by molar-refractivity contribution is 7.49. The second-order valence-corrected chi connectivity index (χ2v) is 13.6. The van der Waals surface area contributed by atoms with Gasteiger partial charge in [0.25, 0.3) is 0 Å². The van der Waals surface area contributed by atoms with Gasteiger partial charge in [0.2, 0.25) is 0 Å². The predicted molar refractivity (Wildman–Crippen MR) is 119 cm³/mol. The molecule has 2 saturated carbocycles. The SMILES string of the molecule is CC1CCC(C(C)C)C(OP(OC2CC(C)CCC2C(C)C)C(C)(C)C)C1. The van der Waals surface area contributed by atoms with E-state index in [1.165, 1.54) is 38.5 Å². The molecule has 0 aromatic carbocycles. The Labute approximate surface area is 171 Å². The fourth-order valence-corrected chi connectivity index (χ4v) is 6.72. The lowest BCUT2D eigenvalue weighted by Crippen LogP contribution is -2.37.